The van der Waals surface area contributed by atoms with E-state index in [0.29, 0.717) is 6.54 Å². The minimum absolute atomic E-state index is 0.0718. The molecule has 1 aliphatic heterocycles. The quantitative estimate of drug-likeness (QED) is 0.404. The van der Waals surface area contributed by atoms with Gasteiger partial charge in [0.15, 0.2) is 0 Å². The second-order valence-corrected chi connectivity index (χ2v) is 5.13. The van der Waals surface area contributed by atoms with Crippen LogP contribution in [0.5, 0.6) is 0 Å². The van der Waals surface area contributed by atoms with E-state index in [4.69, 9.17) is 10.8 Å². The summed E-state index contributed by atoms with van der Waals surface area (Å²) in [6.07, 6.45) is 2.07. The van der Waals surface area contributed by atoms with Gasteiger partial charge in [0.2, 0.25) is 5.91 Å². The van der Waals surface area contributed by atoms with Crippen LogP contribution < -0.4 is 16.4 Å². The van der Waals surface area contributed by atoms with Gasteiger partial charge in [0.05, 0.1) is 6.04 Å². The van der Waals surface area contributed by atoms with Gasteiger partial charge in [0.25, 0.3) is 0 Å². The number of hydrogen-bond donors (Lipinski definition) is 4. The van der Waals surface area contributed by atoms with Gasteiger partial charge in [-0.05, 0) is 25.8 Å². The van der Waals surface area contributed by atoms with Crippen LogP contribution in [-0.4, -0.2) is 67.2 Å². The molecular weight excluding hydrogens is 260 g/mol. The molecule has 116 valence electrons. The number of carboxylic acid groups (broad SMARTS) is 1. The lowest BCUT2D eigenvalue weighted by Gasteiger charge is -2.27. The average Bonchev–Trinajstić information content (AvgIpc) is 2.45. The van der Waals surface area contributed by atoms with Gasteiger partial charge in [-0.2, -0.15) is 0 Å². The van der Waals surface area contributed by atoms with E-state index >= 15 is 0 Å². The Balaban J connectivity index is 1.99. The Morgan fingerprint density at radius 3 is 2.65 bits per heavy atom. The van der Waals surface area contributed by atoms with Crippen LogP contribution in [0.3, 0.4) is 0 Å². The first-order valence-corrected chi connectivity index (χ1v) is 7.28. The van der Waals surface area contributed by atoms with E-state index in [2.05, 4.69) is 15.5 Å². The largest absolute Gasteiger partial charge is 0.481 e. The number of nitrogens with two attached hydrogens (primary N) is 1. The Morgan fingerprint density at radius 2 is 2.00 bits per heavy atom. The number of nitrogens with one attached hydrogen (secondary N) is 2. The van der Waals surface area contributed by atoms with E-state index in [9.17, 15) is 9.59 Å². The maximum Gasteiger partial charge on any atom is 0.303 e. The number of carbonyl (C=O) groups is 2. The summed E-state index contributed by atoms with van der Waals surface area (Å²) in [7, 11) is 0. The van der Waals surface area contributed by atoms with Crippen molar-refractivity contribution in [2.75, 3.05) is 39.3 Å². The number of rotatable bonds is 9. The SMILES string of the molecule is NC(CCC(=O)O)C(=O)NCCCCN1CCNCC1. The molecule has 1 amide bonds. The third kappa shape index (κ3) is 7.42. The molecule has 1 saturated heterocycles. The molecule has 7 nitrogen and oxygen atoms in total. The highest BCUT2D eigenvalue weighted by Crippen LogP contribution is 1.98. The monoisotopic (exact) mass is 286 g/mol. The Morgan fingerprint density at radius 1 is 1.30 bits per heavy atom. The Hall–Kier alpha value is -1.18. The fraction of sp³-hybridized carbons (Fsp3) is 0.846. The minimum Gasteiger partial charge on any atom is -0.481 e. The molecule has 1 rings (SSSR count). The van der Waals surface area contributed by atoms with Crippen molar-refractivity contribution in [1.29, 1.82) is 0 Å². The summed E-state index contributed by atoms with van der Waals surface area (Å²) in [4.78, 5) is 24.4. The van der Waals surface area contributed by atoms with Crippen molar-refractivity contribution in [2.45, 2.75) is 31.7 Å². The fourth-order valence-corrected chi connectivity index (χ4v) is 2.15. The van der Waals surface area contributed by atoms with E-state index in [1.807, 2.05) is 0 Å². The summed E-state index contributed by atoms with van der Waals surface area (Å²) < 4.78 is 0. The van der Waals surface area contributed by atoms with Crippen molar-refractivity contribution in [3.05, 3.63) is 0 Å². The second-order valence-electron chi connectivity index (χ2n) is 5.13. The Labute approximate surface area is 119 Å². The summed E-state index contributed by atoms with van der Waals surface area (Å²) >= 11 is 0. The highest BCUT2D eigenvalue weighted by Gasteiger charge is 2.14. The summed E-state index contributed by atoms with van der Waals surface area (Å²) in [5.41, 5.74) is 5.61. The molecule has 1 unspecified atom stereocenters. The number of unbranched alkanes of at least 4 members (excludes halogenated alkanes) is 1. The number of carbonyl (C=O) groups excluding carboxylic acids is 1. The maximum atomic E-state index is 11.6. The molecule has 0 radical (unpaired) electrons. The predicted octanol–water partition coefficient (Wildman–Crippen LogP) is -1.02. The number of amides is 1. The van der Waals surface area contributed by atoms with Crippen molar-refractivity contribution < 1.29 is 14.7 Å². The summed E-state index contributed by atoms with van der Waals surface area (Å²) in [6.45, 7) is 5.94. The summed E-state index contributed by atoms with van der Waals surface area (Å²) in [6, 6.07) is -0.723. The molecule has 1 heterocycles. The number of piperazine rings is 1. The van der Waals surface area contributed by atoms with E-state index in [0.717, 1.165) is 45.6 Å². The molecule has 0 aliphatic carbocycles. The van der Waals surface area contributed by atoms with Crippen molar-refractivity contribution >= 4 is 11.9 Å². The third-order valence-electron chi connectivity index (χ3n) is 3.42. The van der Waals surface area contributed by atoms with Crippen LogP contribution in [0.25, 0.3) is 0 Å². The molecule has 0 bridgehead atoms. The first-order valence-electron chi connectivity index (χ1n) is 7.28. The van der Waals surface area contributed by atoms with Gasteiger partial charge < -0.3 is 26.4 Å². The predicted molar refractivity (Wildman–Crippen MR) is 76.4 cm³/mol. The number of hydrogen-bond acceptors (Lipinski definition) is 5. The molecule has 0 aromatic carbocycles. The van der Waals surface area contributed by atoms with Gasteiger partial charge in [-0.3, -0.25) is 9.59 Å². The van der Waals surface area contributed by atoms with Crippen molar-refractivity contribution in [2.24, 2.45) is 5.73 Å². The molecular formula is C13H26N4O3. The maximum absolute atomic E-state index is 11.6. The van der Waals surface area contributed by atoms with Crippen LogP contribution in [0.15, 0.2) is 0 Å². The number of nitrogens with zero attached hydrogens (tertiary/aromatic N) is 1. The molecule has 7 heteroatoms. The molecule has 0 aromatic heterocycles. The fourth-order valence-electron chi connectivity index (χ4n) is 2.15. The third-order valence-corrected chi connectivity index (χ3v) is 3.42. The molecule has 1 fully saturated rings. The molecule has 20 heavy (non-hydrogen) atoms. The van der Waals surface area contributed by atoms with Crippen LogP contribution in [-0.2, 0) is 9.59 Å². The van der Waals surface area contributed by atoms with E-state index in [1.165, 1.54) is 0 Å². The molecule has 0 saturated carbocycles. The highest BCUT2D eigenvalue weighted by atomic mass is 16.4. The van der Waals surface area contributed by atoms with Crippen molar-refractivity contribution in [3.63, 3.8) is 0 Å². The lowest BCUT2D eigenvalue weighted by molar-refractivity contribution is -0.137. The summed E-state index contributed by atoms with van der Waals surface area (Å²) in [5, 5.41) is 14.6. The second kappa shape index (κ2) is 9.68. The Kier molecular flexibility index (Phi) is 8.17. The zero-order chi connectivity index (χ0) is 14.8. The van der Waals surface area contributed by atoms with E-state index < -0.39 is 12.0 Å². The lowest BCUT2D eigenvalue weighted by atomic mass is 10.1. The van der Waals surface area contributed by atoms with Crippen LogP contribution in [0, 0.1) is 0 Å². The molecule has 1 aliphatic rings. The first kappa shape index (κ1) is 16.9. The standard InChI is InChI=1S/C13H26N4O3/c14-11(3-4-12(18)19)13(20)16-5-1-2-8-17-9-6-15-7-10-17/h11,15H,1-10,14H2,(H,16,20)(H,18,19). The smallest absolute Gasteiger partial charge is 0.303 e. The van der Waals surface area contributed by atoms with Gasteiger partial charge in [0, 0.05) is 39.1 Å². The van der Waals surface area contributed by atoms with Gasteiger partial charge in [-0.1, -0.05) is 0 Å². The zero-order valence-electron chi connectivity index (χ0n) is 11.9. The summed E-state index contributed by atoms with van der Waals surface area (Å²) in [5.74, 6) is -1.18. The zero-order valence-corrected chi connectivity index (χ0v) is 11.9. The molecule has 1 atom stereocenters. The molecule has 0 spiro atoms. The van der Waals surface area contributed by atoms with E-state index in [-0.39, 0.29) is 18.7 Å². The number of carboxylic acids is 1. The average molecular weight is 286 g/mol. The van der Waals surface area contributed by atoms with Crippen LogP contribution in [0.2, 0.25) is 0 Å². The van der Waals surface area contributed by atoms with Gasteiger partial charge in [-0.15, -0.1) is 0 Å². The lowest BCUT2D eigenvalue weighted by Crippen LogP contribution is -2.44. The normalized spacial score (nSPS) is 17.6. The van der Waals surface area contributed by atoms with Crippen LogP contribution in [0.1, 0.15) is 25.7 Å². The van der Waals surface area contributed by atoms with Crippen LogP contribution in [0.4, 0.5) is 0 Å². The molecule has 0 aromatic rings. The van der Waals surface area contributed by atoms with Crippen LogP contribution >= 0.6 is 0 Å². The molecule has 5 N–H and O–H groups in total. The highest BCUT2D eigenvalue weighted by molar-refractivity contribution is 5.82. The van der Waals surface area contributed by atoms with E-state index in [1.54, 1.807) is 0 Å². The Bertz CT molecular complexity index is 306. The van der Waals surface area contributed by atoms with Crippen molar-refractivity contribution in [1.82, 2.24) is 15.5 Å². The van der Waals surface area contributed by atoms with Gasteiger partial charge in [0.1, 0.15) is 0 Å². The number of aliphatic carboxylic acids is 1. The van der Waals surface area contributed by atoms with Gasteiger partial charge >= 0.3 is 5.97 Å². The van der Waals surface area contributed by atoms with Crippen molar-refractivity contribution in [3.8, 4) is 0 Å². The topological polar surface area (TPSA) is 108 Å². The minimum atomic E-state index is -0.927. The van der Waals surface area contributed by atoms with Gasteiger partial charge in [-0.25, -0.2) is 0 Å². The first-order chi connectivity index (χ1) is 9.59.